The normalized spacial score (nSPS) is 26.9. The van der Waals surface area contributed by atoms with Crippen LogP contribution in [0.3, 0.4) is 0 Å². The van der Waals surface area contributed by atoms with Crippen molar-refractivity contribution in [3.05, 3.63) is 34.9 Å². The van der Waals surface area contributed by atoms with Gasteiger partial charge in [-0.2, -0.15) is 0 Å². The highest BCUT2D eigenvalue weighted by atomic mass is 35.5. The molecule has 1 aliphatic heterocycles. The molecule has 3 rings (SSSR count). The Balaban J connectivity index is 1.65. The first-order valence-electron chi connectivity index (χ1n) is 14.7. The van der Waals surface area contributed by atoms with Gasteiger partial charge in [0.05, 0.1) is 17.1 Å². The first-order chi connectivity index (χ1) is 18.9. The maximum atomic E-state index is 13.8. The average Bonchev–Trinajstić information content (AvgIpc) is 3.24. The van der Waals surface area contributed by atoms with E-state index in [4.69, 9.17) is 16.3 Å². The molecule has 0 radical (unpaired) electrons. The van der Waals surface area contributed by atoms with Crippen molar-refractivity contribution in [1.82, 2.24) is 15.5 Å². The maximum Gasteiger partial charge on any atom is 0.407 e. The predicted molar refractivity (Wildman–Crippen MR) is 158 cm³/mol. The second-order valence-electron chi connectivity index (χ2n) is 13.7. The van der Waals surface area contributed by atoms with Crippen LogP contribution in [-0.2, 0) is 19.9 Å². The number of piperidine rings is 1. The van der Waals surface area contributed by atoms with Crippen LogP contribution in [-0.4, -0.2) is 69.9 Å². The number of hydrogen-bond donors (Lipinski definition) is 4. The molecule has 10 heteroatoms. The lowest BCUT2D eigenvalue weighted by molar-refractivity contribution is -0.157. The minimum atomic E-state index is -1.29. The first-order valence-corrected chi connectivity index (χ1v) is 15.0. The minimum Gasteiger partial charge on any atom is -0.444 e. The zero-order valence-electron chi connectivity index (χ0n) is 25.6. The number of ether oxygens (including phenoxy) is 1. The van der Waals surface area contributed by atoms with E-state index >= 15 is 0 Å². The summed E-state index contributed by atoms with van der Waals surface area (Å²) in [5.74, 6) is -1.43. The monoisotopic (exact) mass is 593 g/mol. The molecule has 9 nitrogen and oxygen atoms in total. The number of alkyl carbamates (subject to hydrolysis) is 1. The van der Waals surface area contributed by atoms with Gasteiger partial charge in [0.25, 0.3) is 0 Å². The van der Waals surface area contributed by atoms with Crippen LogP contribution in [0.1, 0.15) is 86.1 Å². The fourth-order valence-electron chi connectivity index (χ4n) is 6.16. The quantitative estimate of drug-likeness (QED) is 0.354. The lowest BCUT2D eigenvalue weighted by Crippen LogP contribution is -2.61. The van der Waals surface area contributed by atoms with E-state index in [0.717, 1.165) is 5.56 Å². The highest BCUT2D eigenvalue weighted by Crippen LogP contribution is 2.46. The molecule has 230 valence electrons. The van der Waals surface area contributed by atoms with Crippen molar-refractivity contribution in [1.29, 1.82) is 0 Å². The molecule has 1 aromatic carbocycles. The van der Waals surface area contributed by atoms with Gasteiger partial charge in [0, 0.05) is 30.1 Å². The average molecular weight is 594 g/mol. The molecule has 2 fully saturated rings. The third-order valence-electron chi connectivity index (χ3n) is 8.61. The van der Waals surface area contributed by atoms with Gasteiger partial charge in [0.1, 0.15) is 11.6 Å². The Kier molecular flexibility index (Phi) is 10.1. The van der Waals surface area contributed by atoms with E-state index < -0.39 is 40.3 Å². The molecule has 0 spiro atoms. The topological polar surface area (TPSA) is 128 Å². The van der Waals surface area contributed by atoms with Gasteiger partial charge in [-0.3, -0.25) is 9.59 Å². The van der Waals surface area contributed by atoms with Gasteiger partial charge in [-0.25, -0.2) is 4.79 Å². The molecule has 41 heavy (non-hydrogen) atoms. The molecule has 0 aromatic heterocycles. The largest absolute Gasteiger partial charge is 0.444 e. The Labute approximate surface area is 249 Å². The van der Waals surface area contributed by atoms with Crippen molar-refractivity contribution in [2.45, 2.75) is 103 Å². The molecular weight excluding hydrogens is 546 g/mol. The second-order valence-corrected chi connectivity index (χ2v) is 14.2. The Morgan fingerprint density at radius 1 is 1.12 bits per heavy atom. The van der Waals surface area contributed by atoms with Gasteiger partial charge >= 0.3 is 6.09 Å². The summed E-state index contributed by atoms with van der Waals surface area (Å²) in [4.78, 5) is 41.0. The standard InChI is InChI=1S/C31H48ClN3O6/c1-20(2)24(26(37)35-18-16-31(40,29(6,7)19-35)21-10-12-22(32)13-11-21)34-25(36)23-9-8-14-30(23,39)15-17-33-27(38)41-28(3,4)5/h10-13,20,23-24,39-40H,8-9,14-19H2,1-7H3,(H,33,38)(H,34,36). The van der Waals surface area contributed by atoms with E-state index in [1.807, 2.05) is 39.8 Å². The van der Waals surface area contributed by atoms with Crippen molar-refractivity contribution in [2.75, 3.05) is 19.6 Å². The van der Waals surface area contributed by atoms with Crippen LogP contribution < -0.4 is 10.6 Å². The van der Waals surface area contributed by atoms with Gasteiger partial charge in [0.2, 0.25) is 11.8 Å². The van der Waals surface area contributed by atoms with Gasteiger partial charge in [0.15, 0.2) is 0 Å². The van der Waals surface area contributed by atoms with E-state index in [1.165, 1.54) is 0 Å². The van der Waals surface area contributed by atoms with Gasteiger partial charge < -0.3 is 30.5 Å². The van der Waals surface area contributed by atoms with Crippen molar-refractivity contribution < 1.29 is 29.3 Å². The van der Waals surface area contributed by atoms with Crippen LogP contribution in [0.4, 0.5) is 4.79 Å². The number of amides is 3. The van der Waals surface area contributed by atoms with Crippen LogP contribution in [0.5, 0.6) is 0 Å². The van der Waals surface area contributed by atoms with E-state index in [9.17, 15) is 24.6 Å². The highest BCUT2D eigenvalue weighted by Gasteiger charge is 2.51. The number of halogens is 1. The summed E-state index contributed by atoms with van der Waals surface area (Å²) in [6.07, 6.45) is 1.58. The number of nitrogens with zero attached hydrogens (tertiary/aromatic N) is 1. The number of likely N-dealkylation sites (tertiary alicyclic amines) is 1. The van der Waals surface area contributed by atoms with Crippen LogP contribution >= 0.6 is 11.6 Å². The lowest BCUT2D eigenvalue weighted by Gasteiger charge is -2.51. The van der Waals surface area contributed by atoms with Crippen LogP contribution in [0.2, 0.25) is 5.02 Å². The summed E-state index contributed by atoms with van der Waals surface area (Å²) >= 11 is 6.05. The fraction of sp³-hybridized carbons (Fsp3) is 0.710. The smallest absolute Gasteiger partial charge is 0.407 e. The molecule has 1 heterocycles. The van der Waals surface area contributed by atoms with Gasteiger partial charge in [-0.1, -0.05) is 51.4 Å². The van der Waals surface area contributed by atoms with Crippen LogP contribution in [0.25, 0.3) is 0 Å². The number of hydrogen-bond acceptors (Lipinski definition) is 6. The zero-order valence-corrected chi connectivity index (χ0v) is 26.3. The Morgan fingerprint density at radius 2 is 1.76 bits per heavy atom. The van der Waals surface area contributed by atoms with E-state index in [-0.39, 0.29) is 30.7 Å². The molecule has 1 saturated heterocycles. The predicted octanol–water partition coefficient (Wildman–Crippen LogP) is 4.37. The molecule has 4 N–H and O–H groups in total. The summed E-state index contributed by atoms with van der Waals surface area (Å²) in [6.45, 7) is 13.8. The third kappa shape index (κ3) is 7.73. The zero-order chi connectivity index (χ0) is 30.8. The summed E-state index contributed by atoms with van der Waals surface area (Å²) < 4.78 is 5.26. The number of aliphatic hydroxyl groups is 2. The van der Waals surface area contributed by atoms with Crippen molar-refractivity contribution in [3.63, 3.8) is 0 Å². The van der Waals surface area contributed by atoms with E-state index in [0.29, 0.717) is 43.8 Å². The van der Waals surface area contributed by atoms with Crippen LogP contribution in [0, 0.1) is 17.3 Å². The molecule has 4 atom stereocenters. The lowest BCUT2D eigenvalue weighted by atomic mass is 9.66. The maximum absolute atomic E-state index is 13.8. The SMILES string of the molecule is CC(C)C(NC(=O)C1CCCC1(O)CCNC(=O)OC(C)(C)C)C(=O)N1CCC(O)(c2ccc(Cl)cc2)C(C)(C)C1. The molecule has 1 saturated carbocycles. The van der Waals surface area contributed by atoms with Crippen molar-refractivity contribution in [2.24, 2.45) is 17.3 Å². The molecule has 1 aromatic rings. The highest BCUT2D eigenvalue weighted by molar-refractivity contribution is 6.30. The molecule has 1 aliphatic carbocycles. The first kappa shape index (κ1) is 33.1. The van der Waals surface area contributed by atoms with E-state index in [2.05, 4.69) is 10.6 Å². The number of carbonyl (C=O) groups is 3. The molecular formula is C31H48ClN3O6. The van der Waals surface area contributed by atoms with Crippen LogP contribution in [0.15, 0.2) is 24.3 Å². The number of nitrogens with one attached hydrogen (secondary N) is 2. The number of carbonyl (C=O) groups excluding carboxylic acids is 3. The van der Waals surface area contributed by atoms with Crippen molar-refractivity contribution in [3.8, 4) is 0 Å². The van der Waals surface area contributed by atoms with Gasteiger partial charge in [-0.05, 0) is 76.5 Å². The number of benzene rings is 1. The summed E-state index contributed by atoms with van der Waals surface area (Å²) in [5.41, 5.74) is -2.96. The minimum absolute atomic E-state index is 0.168. The number of rotatable bonds is 8. The molecule has 4 unspecified atom stereocenters. The van der Waals surface area contributed by atoms with Gasteiger partial charge in [-0.15, -0.1) is 0 Å². The Morgan fingerprint density at radius 3 is 2.32 bits per heavy atom. The Hall–Kier alpha value is -2.36. The molecule has 3 amide bonds. The second kappa shape index (κ2) is 12.5. The summed E-state index contributed by atoms with van der Waals surface area (Å²) in [6, 6.07) is 6.38. The Bertz CT molecular complexity index is 1100. The summed E-state index contributed by atoms with van der Waals surface area (Å²) in [7, 11) is 0. The third-order valence-corrected chi connectivity index (χ3v) is 8.86. The molecule has 0 bridgehead atoms. The summed E-state index contributed by atoms with van der Waals surface area (Å²) in [5, 5.41) is 29.3. The molecule has 2 aliphatic rings. The van der Waals surface area contributed by atoms with Crippen molar-refractivity contribution >= 4 is 29.5 Å². The van der Waals surface area contributed by atoms with E-state index in [1.54, 1.807) is 37.8 Å². The fourth-order valence-corrected chi connectivity index (χ4v) is 6.29.